The number of nitrogens with zero attached hydrogens (tertiary/aromatic N) is 3. The number of amides is 2. The van der Waals surface area contributed by atoms with Gasteiger partial charge in [0.2, 0.25) is 0 Å². The smallest absolute Gasteiger partial charge is 0.317 e. The van der Waals surface area contributed by atoms with Crippen molar-refractivity contribution in [3.05, 3.63) is 59.9 Å². The second-order valence-electron chi connectivity index (χ2n) is 7.56. The summed E-state index contributed by atoms with van der Waals surface area (Å²) in [6.07, 6.45) is 2.82. The molecule has 1 saturated heterocycles. The summed E-state index contributed by atoms with van der Waals surface area (Å²) in [5.41, 5.74) is 3.37. The zero-order valence-electron chi connectivity index (χ0n) is 16.6. The monoisotopic (exact) mass is 366 g/mol. The van der Waals surface area contributed by atoms with E-state index in [2.05, 4.69) is 47.2 Å². The molecule has 2 heterocycles. The lowest BCUT2D eigenvalue weighted by atomic mass is 9.96. The number of urea groups is 1. The second-order valence-corrected chi connectivity index (χ2v) is 7.56. The first kappa shape index (κ1) is 19.2. The van der Waals surface area contributed by atoms with Crippen molar-refractivity contribution in [2.24, 2.45) is 5.92 Å². The van der Waals surface area contributed by atoms with Crippen LogP contribution in [0.4, 0.5) is 10.5 Å². The summed E-state index contributed by atoms with van der Waals surface area (Å²) in [4.78, 5) is 21.5. The summed E-state index contributed by atoms with van der Waals surface area (Å²) in [6, 6.07) is 14.4. The lowest BCUT2D eigenvalue weighted by Crippen LogP contribution is -2.44. The van der Waals surface area contributed by atoms with Gasteiger partial charge in [-0.25, -0.2) is 4.79 Å². The van der Waals surface area contributed by atoms with Crippen LogP contribution in [0.5, 0.6) is 0 Å². The molecule has 1 fully saturated rings. The van der Waals surface area contributed by atoms with Crippen LogP contribution in [0, 0.1) is 12.8 Å². The fourth-order valence-corrected chi connectivity index (χ4v) is 3.63. The third-order valence-electron chi connectivity index (χ3n) is 5.13. The molecule has 2 aromatic rings. The molecule has 0 spiro atoms. The highest BCUT2D eigenvalue weighted by molar-refractivity contribution is 5.75. The van der Waals surface area contributed by atoms with Crippen molar-refractivity contribution in [1.29, 1.82) is 0 Å². The summed E-state index contributed by atoms with van der Waals surface area (Å²) in [6.45, 7) is 9.62. The molecule has 0 bridgehead atoms. The topological polar surface area (TPSA) is 48.5 Å². The number of carbonyl (C=O) groups is 1. The molecule has 144 valence electrons. The van der Waals surface area contributed by atoms with E-state index < -0.39 is 0 Å². The zero-order chi connectivity index (χ0) is 19.2. The van der Waals surface area contributed by atoms with Gasteiger partial charge in [-0.05, 0) is 37.0 Å². The fraction of sp³-hybridized carbons (Fsp3) is 0.455. The Morgan fingerprint density at radius 1 is 1.07 bits per heavy atom. The quantitative estimate of drug-likeness (QED) is 0.889. The molecule has 1 atom stereocenters. The number of hydrogen-bond acceptors (Lipinski definition) is 3. The molecule has 1 aliphatic heterocycles. The molecule has 0 radical (unpaired) electrons. The number of pyridine rings is 1. The van der Waals surface area contributed by atoms with Gasteiger partial charge in [-0.15, -0.1) is 0 Å². The normalized spacial score (nSPS) is 16.1. The Bertz CT molecular complexity index is 747. The van der Waals surface area contributed by atoms with E-state index in [1.807, 2.05) is 42.3 Å². The molecule has 3 rings (SSSR count). The predicted octanol–water partition coefficient (Wildman–Crippen LogP) is 4.01. The van der Waals surface area contributed by atoms with Gasteiger partial charge in [-0.3, -0.25) is 4.98 Å². The summed E-state index contributed by atoms with van der Waals surface area (Å²) >= 11 is 0. The third-order valence-corrected chi connectivity index (χ3v) is 5.13. The number of hydrogen-bond donors (Lipinski definition) is 1. The van der Waals surface area contributed by atoms with Gasteiger partial charge in [0, 0.05) is 43.8 Å². The van der Waals surface area contributed by atoms with Crippen LogP contribution in [-0.2, 0) is 0 Å². The van der Waals surface area contributed by atoms with Gasteiger partial charge in [0.15, 0.2) is 0 Å². The van der Waals surface area contributed by atoms with Crippen molar-refractivity contribution in [2.45, 2.75) is 33.2 Å². The largest absolute Gasteiger partial charge is 0.370 e. The van der Waals surface area contributed by atoms with Crippen molar-refractivity contribution < 1.29 is 4.79 Å². The average Bonchev–Trinajstić information content (AvgIpc) is 2.93. The van der Waals surface area contributed by atoms with E-state index >= 15 is 0 Å². The van der Waals surface area contributed by atoms with Gasteiger partial charge in [-0.2, -0.15) is 0 Å². The number of aromatic nitrogens is 1. The van der Waals surface area contributed by atoms with E-state index in [4.69, 9.17) is 0 Å². The maximum atomic E-state index is 12.9. The third kappa shape index (κ3) is 5.00. The van der Waals surface area contributed by atoms with E-state index in [1.165, 1.54) is 5.69 Å². The van der Waals surface area contributed by atoms with Gasteiger partial charge < -0.3 is 15.1 Å². The fourth-order valence-electron chi connectivity index (χ4n) is 3.63. The van der Waals surface area contributed by atoms with Crippen molar-refractivity contribution in [2.75, 3.05) is 31.1 Å². The van der Waals surface area contributed by atoms with Crippen molar-refractivity contribution in [3.63, 3.8) is 0 Å². The highest BCUT2D eigenvalue weighted by atomic mass is 16.2. The molecule has 1 aliphatic rings. The first-order valence-electron chi connectivity index (χ1n) is 9.82. The molecular formula is C22H30N4O. The molecule has 27 heavy (non-hydrogen) atoms. The Labute approximate surface area is 162 Å². The number of nitrogens with one attached hydrogen (secondary N) is 1. The summed E-state index contributed by atoms with van der Waals surface area (Å²) in [7, 11) is 0. The van der Waals surface area contributed by atoms with E-state index in [0.717, 1.165) is 43.9 Å². The van der Waals surface area contributed by atoms with Crippen LogP contribution >= 0.6 is 0 Å². The molecule has 2 amide bonds. The molecule has 0 aliphatic carbocycles. The minimum absolute atomic E-state index is 0.0286. The number of rotatable bonds is 4. The van der Waals surface area contributed by atoms with Crippen LogP contribution in [0.15, 0.2) is 48.7 Å². The minimum Gasteiger partial charge on any atom is -0.370 e. The van der Waals surface area contributed by atoms with Crippen LogP contribution in [0.1, 0.15) is 37.6 Å². The predicted molar refractivity (Wildman–Crippen MR) is 110 cm³/mol. The molecule has 0 saturated carbocycles. The summed E-state index contributed by atoms with van der Waals surface area (Å²) < 4.78 is 0. The van der Waals surface area contributed by atoms with Crippen LogP contribution in [-0.4, -0.2) is 42.1 Å². The highest BCUT2D eigenvalue weighted by Crippen LogP contribution is 2.22. The SMILES string of the molecule is Cc1cc(N2CCCN(C(=O)N[C@@H](c3ccccc3)C(C)C)CC2)ccn1. The number of aryl methyl sites for hydroxylation is 1. The van der Waals surface area contributed by atoms with Crippen LogP contribution < -0.4 is 10.2 Å². The second kappa shape index (κ2) is 8.89. The molecule has 5 heteroatoms. The first-order chi connectivity index (χ1) is 13.0. The highest BCUT2D eigenvalue weighted by Gasteiger charge is 2.24. The van der Waals surface area contributed by atoms with Crippen molar-refractivity contribution in [1.82, 2.24) is 15.2 Å². The van der Waals surface area contributed by atoms with Crippen molar-refractivity contribution >= 4 is 11.7 Å². The first-order valence-corrected chi connectivity index (χ1v) is 9.82. The van der Waals surface area contributed by atoms with Crippen molar-refractivity contribution in [3.8, 4) is 0 Å². The minimum atomic E-state index is 0.0286. The van der Waals surface area contributed by atoms with Gasteiger partial charge in [0.05, 0.1) is 6.04 Å². The van der Waals surface area contributed by atoms with Gasteiger partial charge in [0.1, 0.15) is 0 Å². The van der Waals surface area contributed by atoms with E-state index in [1.54, 1.807) is 0 Å². The van der Waals surface area contributed by atoms with E-state index in [0.29, 0.717) is 5.92 Å². The molecule has 0 unspecified atom stereocenters. The van der Waals surface area contributed by atoms with Gasteiger partial charge in [0.25, 0.3) is 0 Å². The van der Waals surface area contributed by atoms with Crippen LogP contribution in [0.3, 0.4) is 0 Å². The Kier molecular flexibility index (Phi) is 6.32. The number of benzene rings is 1. The standard InChI is InChI=1S/C22H30N4O/c1-17(2)21(19-8-5-4-6-9-19)24-22(27)26-13-7-12-25(14-15-26)20-10-11-23-18(3)16-20/h4-6,8-11,16-17,21H,7,12-15H2,1-3H3,(H,24,27)/t21-/m1/s1. The maximum Gasteiger partial charge on any atom is 0.317 e. The van der Waals surface area contributed by atoms with E-state index in [9.17, 15) is 4.79 Å². The molecule has 5 nitrogen and oxygen atoms in total. The lowest BCUT2D eigenvalue weighted by Gasteiger charge is -2.28. The Morgan fingerprint density at radius 2 is 1.85 bits per heavy atom. The maximum absolute atomic E-state index is 12.9. The van der Waals surface area contributed by atoms with E-state index in [-0.39, 0.29) is 12.1 Å². The number of carbonyl (C=O) groups excluding carboxylic acids is 1. The van der Waals surface area contributed by atoms with Gasteiger partial charge in [-0.1, -0.05) is 44.2 Å². The molecule has 1 aromatic carbocycles. The Balaban J connectivity index is 1.63. The summed E-state index contributed by atoms with van der Waals surface area (Å²) in [5.74, 6) is 0.333. The summed E-state index contributed by atoms with van der Waals surface area (Å²) in [5, 5.41) is 3.25. The van der Waals surface area contributed by atoms with Crippen LogP contribution in [0.25, 0.3) is 0 Å². The average molecular weight is 367 g/mol. The number of anilines is 1. The van der Waals surface area contributed by atoms with Crippen LogP contribution in [0.2, 0.25) is 0 Å². The zero-order valence-corrected chi connectivity index (χ0v) is 16.6. The Morgan fingerprint density at radius 3 is 2.56 bits per heavy atom. The lowest BCUT2D eigenvalue weighted by molar-refractivity contribution is 0.193. The van der Waals surface area contributed by atoms with Gasteiger partial charge >= 0.3 is 6.03 Å². The molecule has 1 N–H and O–H groups in total. The Hall–Kier alpha value is -2.56. The molecular weight excluding hydrogens is 336 g/mol. The molecule has 1 aromatic heterocycles.